The van der Waals surface area contributed by atoms with E-state index >= 15 is 0 Å². The highest BCUT2D eigenvalue weighted by Gasteiger charge is 2.27. The number of carbonyl (C=O) groups excluding carboxylic acids is 1. The van der Waals surface area contributed by atoms with Crippen molar-refractivity contribution in [1.29, 1.82) is 0 Å². The quantitative estimate of drug-likeness (QED) is 0.783. The predicted octanol–water partition coefficient (Wildman–Crippen LogP) is 4.11. The molecule has 1 aliphatic rings. The molecule has 3 nitrogen and oxygen atoms in total. The van der Waals surface area contributed by atoms with Gasteiger partial charge in [-0.05, 0) is 42.0 Å². The van der Waals surface area contributed by atoms with Crippen LogP contribution in [-0.2, 0) is 18.9 Å². The summed E-state index contributed by atoms with van der Waals surface area (Å²) in [6.45, 7) is 1.95. The van der Waals surface area contributed by atoms with Crippen molar-refractivity contribution in [2.24, 2.45) is 0 Å². The molecule has 0 N–H and O–H groups in total. The van der Waals surface area contributed by atoms with E-state index in [0.29, 0.717) is 13.1 Å². The van der Waals surface area contributed by atoms with Gasteiger partial charge in [-0.1, -0.05) is 12.1 Å². The lowest BCUT2D eigenvalue weighted by Crippen LogP contribution is -2.36. The Morgan fingerprint density at radius 3 is 2.71 bits per heavy atom. The van der Waals surface area contributed by atoms with Crippen LogP contribution >= 0.6 is 11.8 Å². The number of alkyl halides is 2. The normalized spacial score (nSPS) is 14.4. The maximum Gasteiger partial charge on any atom is 0.272 e. The Morgan fingerprint density at radius 2 is 2.08 bits per heavy atom. The van der Waals surface area contributed by atoms with Crippen molar-refractivity contribution in [3.63, 3.8) is 0 Å². The smallest absolute Gasteiger partial charge is 0.272 e. The fourth-order valence-electron chi connectivity index (χ4n) is 2.86. The van der Waals surface area contributed by atoms with E-state index < -0.39 is 5.92 Å². The van der Waals surface area contributed by atoms with Gasteiger partial charge in [-0.25, -0.2) is 8.78 Å². The molecule has 0 aliphatic carbocycles. The summed E-state index contributed by atoms with van der Waals surface area (Å²) < 4.78 is 26.5. The van der Waals surface area contributed by atoms with Gasteiger partial charge in [0.15, 0.2) is 0 Å². The molecule has 1 amide bonds. The molecule has 0 fully saturated rings. The first kappa shape index (κ1) is 16.9. The standard InChI is InChI=1S/C18H18F2N2OS/c1-18(19,20)13-6-7-15(21-10-13)17(23)22-9-8-12-4-3-5-16(24-2)14(12)11-22/h3-7,10H,8-9,11H2,1-2H3. The van der Waals surface area contributed by atoms with Crippen LogP contribution in [0.15, 0.2) is 41.4 Å². The Labute approximate surface area is 144 Å². The number of pyridine rings is 1. The molecule has 0 radical (unpaired) electrons. The van der Waals surface area contributed by atoms with Gasteiger partial charge < -0.3 is 4.90 Å². The van der Waals surface area contributed by atoms with E-state index in [1.165, 1.54) is 28.2 Å². The maximum atomic E-state index is 13.3. The monoisotopic (exact) mass is 348 g/mol. The number of fused-ring (bicyclic) bond motifs is 1. The Bertz CT molecular complexity index is 742. The predicted molar refractivity (Wildman–Crippen MR) is 90.5 cm³/mol. The number of carbonyl (C=O) groups is 1. The van der Waals surface area contributed by atoms with E-state index in [1.54, 1.807) is 16.7 Å². The van der Waals surface area contributed by atoms with Crippen molar-refractivity contribution in [3.05, 3.63) is 58.9 Å². The molecule has 0 saturated carbocycles. The lowest BCUT2D eigenvalue weighted by molar-refractivity contribution is 0.0170. The average Bonchev–Trinajstić information content (AvgIpc) is 2.59. The molecule has 24 heavy (non-hydrogen) atoms. The number of amides is 1. The zero-order valence-corrected chi connectivity index (χ0v) is 14.4. The lowest BCUT2D eigenvalue weighted by atomic mass is 9.99. The van der Waals surface area contributed by atoms with E-state index in [4.69, 9.17) is 0 Å². The number of nitrogens with zero attached hydrogens (tertiary/aromatic N) is 2. The number of halogens is 2. The van der Waals surface area contributed by atoms with Crippen molar-refractivity contribution < 1.29 is 13.6 Å². The molecule has 2 heterocycles. The molecule has 0 unspecified atom stereocenters. The van der Waals surface area contributed by atoms with Crippen molar-refractivity contribution in [3.8, 4) is 0 Å². The summed E-state index contributed by atoms with van der Waals surface area (Å²) in [5.41, 5.74) is 2.45. The van der Waals surface area contributed by atoms with E-state index in [1.807, 2.05) is 18.4 Å². The molecule has 1 aliphatic heterocycles. The van der Waals surface area contributed by atoms with Crippen LogP contribution in [0.25, 0.3) is 0 Å². The summed E-state index contributed by atoms with van der Waals surface area (Å²) in [7, 11) is 0. The summed E-state index contributed by atoms with van der Waals surface area (Å²) in [6, 6.07) is 8.82. The fourth-order valence-corrected chi connectivity index (χ4v) is 3.51. The zero-order chi connectivity index (χ0) is 17.3. The number of benzene rings is 1. The Morgan fingerprint density at radius 1 is 1.29 bits per heavy atom. The second-order valence-electron chi connectivity index (χ2n) is 5.90. The third-order valence-corrected chi connectivity index (χ3v) is 5.05. The van der Waals surface area contributed by atoms with Gasteiger partial charge >= 0.3 is 0 Å². The largest absolute Gasteiger partial charge is 0.333 e. The lowest BCUT2D eigenvalue weighted by Gasteiger charge is -2.30. The third kappa shape index (κ3) is 3.29. The zero-order valence-electron chi connectivity index (χ0n) is 13.6. The second kappa shape index (κ2) is 6.51. The summed E-state index contributed by atoms with van der Waals surface area (Å²) in [6.07, 6.45) is 3.89. The third-order valence-electron chi connectivity index (χ3n) is 4.23. The SMILES string of the molecule is CSc1cccc2c1CN(C(=O)c1ccc(C(C)(F)F)cn1)CC2. The van der Waals surface area contributed by atoms with E-state index in [0.717, 1.165) is 19.5 Å². The van der Waals surface area contributed by atoms with Crippen LogP contribution in [0.2, 0.25) is 0 Å². The summed E-state index contributed by atoms with van der Waals surface area (Å²) in [4.78, 5) is 19.5. The first-order valence-electron chi connectivity index (χ1n) is 7.68. The van der Waals surface area contributed by atoms with Gasteiger partial charge in [0.25, 0.3) is 11.8 Å². The van der Waals surface area contributed by atoms with Crippen LogP contribution in [0.1, 0.15) is 34.1 Å². The molecular weight excluding hydrogens is 330 g/mol. The van der Waals surface area contributed by atoms with E-state index in [-0.39, 0.29) is 17.2 Å². The highest BCUT2D eigenvalue weighted by molar-refractivity contribution is 7.98. The molecule has 1 aromatic carbocycles. The second-order valence-corrected chi connectivity index (χ2v) is 6.74. The van der Waals surface area contributed by atoms with Gasteiger partial charge in [0, 0.05) is 36.7 Å². The van der Waals surface area contributed by atoms with Gasteiger partial charge in [-0.15, -0.1) is 11.8 Å². The minimum atomic E-state index is -2.95. The Kier molecular flexibility index (Phi) is 4.58. The van der Waals surface area contributed by atoms with Crippen LogP contribution < -0.4 is 0 Å². The van der Waals surface area contributed by atoms with Crippen molar-refractivity contribution >= 4 is 17.7 Å². The first-order chi connectivity index (χ1) is 11.4. The molecule has 6 heteroatoms. The Hall–Kier alpha value is -1.95. The number of rotatable bonds is 3. The van der Waals surface area contributed by atoms with Crippen molar-refractivity contribution in [2.45, 2.75) is 30.7 Å². The van der Waals surface area contributed by atoms with Gasteiger partial charge in [-0.2, -0.15) is 0 Å². The van der Waals surface area contributed by atoms with Crippen LogP contribution in [0, 0.1) is 0 Å². The topological polar surface area (TPSA) is 33.2 Å². The number of thioether (sulfide) groups is 1. The molecule has 0 atom stereocenters. The van der Waals surface area contributed by atoms with Crippen molar-refractivity contribution in [1.82, 2.24) is 9.88 Å². The molecule has 1 aromatic heterocycles. The van der Waals surface area contributed by atoms with Crippen LogP contribution in [-0.4, -0.2) is 28.6 Å². The summed E-state index contributed by atoms with van der Waals surface area (Å²) >= 11 is 1.66. The van der Waals surface area contributed by atoms with Gasteiger partial charge in [-0.3, -0.25) is 9.78 Å². The van der Waals surface area contributed by atoms with Crippen LogP contribution in [0.3, 0.4) is 0 Å². The maximum absolute atomic E-state index is 13.3. The molecule has 0 bridgehead atoms. The van der Waals surface area contributed by atoms with Gasteiger partial charge in [0.2, 0.25) is 0 Å². The minimum Gasteiger partial charge on any atom is -0.333 e. The number of hydrogen-bond acceptors (Lipinski definition) is 3. The molecule has 3 rings (SSSR count). The Balaban J connectivity index is 1.81. The number of hydrogen-bond donors (Lipinski definition) is 0. The molecule has 0 saturated heterocycles. The fraction of sp³-hybridized carbons (Fsp3) is 0.333. The summed E-state index contributed by atoms with van der Waals surface area (Å²) in [5, 5.41) is 0. The van der Waals surface area contributed by atoms with Crippen LogP contribution in [0.4, 0.5) is 8.78 Å². The molecule has 2 aromatic rings. The molecule has 126 valence electrons. The molecular formula is C18H18F2N2OS. The van der Waals surface area contributed by atoms with E-state index in [9.17, 15) is 13.6 Å². The summed E-state index contributed by atoms with van der Waals surface area (Å²) in [5.74, 6) is -3.17. The highest BCUT2D eigenvalue weighted by Crippen LogP contribution is 2.29. The average molecular weight is 348 g/mol. The van der Waals surface area contributed by atoms with Crippen LogP contribution in [0.5, 0.6) is 0 Å². The number of aromatic nitrogens is 1. The van der Waals surface area contributed by atoms with Gasteiger partial charge in [0.1, 0.15) is 5.69 Å². The van der Waals surface area contributed by atoms with Gasteiger partial charge in [0.05, 0.1) is 0 Å². The minimum absolute atomic E-state index is 0.187. The van der Waals surface area contributed by atoms with Crippen molar-refractivity contribution in [2.75, 3.05) is 12.8 Å². The molecule has 0 spiro atoms. The highest BCUT2D eigenvalue weighted by atomic mass is 32.2. The van der Waals surface area contributed by atoms with E-state index in [2.05, 4.69) is 11.1 Å². The first-order valence-corrected chi connectivity index (χ1v) is 8.91.